The minimum absolute atomic E-state index is 0.489. The summed E-state index contributed by atoms with van der Waals surface area (Å²) in [4.78, 5) is -0.730. The summed E-state index contributed by atoms with van der Waals surface area (Å²) in [5.41, 5.74) is 0. The van der Waals surface area contributed by atoms with Gasteiger partial charge in [-0.05, 0) is 39.2 Å². The molecule has 0 heterocycles. The van der Waals surface area contributed by atoms with Gasteiger partial charge in [0.15, 0.2) is 5.79 Å². The van der Waals surface area contributed by atoms with Gasteiger partial charge in [-0.25, -0.2) is 0 Å². The van der Waals surface area contributed by atoms with Crippen molar-refractivity contribution >= 4 is 9.93 Å². The number of hydrogen-bond donors (Lipinski definition) is 2. The molecular weight excluding hydrogens is 200 g/mol. The Morgan fingerprint density at radius 2 is 1.64 bits per heavy atom. The van der Waals surface area contributed by atoms with E-state index in [9.17, 15) is 9.32 Å². The second-order valence-electron chi connectivity index (χ2n) is 4.51. The average Bonchev–Trinajstić information content (AvgIpc) is 2.01. The molecule has 0 fully saturated rings. The third kappa shape index (κ3) is 3.33. The maximum Gasteiger partial charge on any atom is 0.164 e. The molecule has 2 unspecified atom stereocenters. The van der Waals surface area contributed by atoms with E-state index in [1.807, 2.05) is 13.8 Å². The highest BCUT2D eigenvalue weighted by atomic mass is 32.2. The van der Waals surface area contributed by atoms with E-state index in [4.69, 9.17) is 4.74 Å². The van der Waals surface area contributed by atoms with Gasteiger partial charge in [-0.1, -0.05) is 23.8 Å². The molecule has 0 aromatic heterocycles. The summed E-state index contributed by atoms with van der Waals surface area (Å²) in [7, 11) is -2.38. The summed E-state index contributed by atoms with van der Waals surface area (Å²) >= 11 is 0. The lowest BCUT2D eigenvalue weighted by molar-refractivity contribution is -0.228. The van der Waals surface area contributed by atoms with Crippen LogP contribution in [0.5, 0.6) is 0 Å². The van der Waals surface area contributed by atoms with Gasteiger partial charge in [-0.15, -0.1) is 0 Å². The maximum absolute atomic E-state index is 12.0. The minimum atomic E-state index is -2.38. The highest BCUT2D eigenvalue weighted by molar-refractivity contribution is 8.02. The quantitative estimate of drug-likeness (QED) is 0.550. The van der Waals surface area contributed by atoms with Crippen molar-refractivity contribution in [2.24, 2.45) is 0 Å². The molecule has 0 saturated carbocycles. The van der Waals surface area contributed by atoms with Crippen molar-refractivity contribution in [3.63, 3.8) is 0 Å². The molecule has 3 nitrogen and oxygen atoms in total. The second-order valence-corrected chi connectivity index (χ2v) is 8.16. The Hall–Kier alpha value is 0.0700. The number of ether oxygens (including phenoxy) is 1. The largest absolute Gasteiger partial charge is 0.366 e. The van der Waals surface area contributed by atoms with Crippen LogP contribution in [0.15, 0.2) is 0 Å². The highest BCUT2D eigenvalue weighted by Gasteiger charge is 2.38. The number of rotatable bonds is 5. The predicted octanol–water partition coefficient (Wildman–Crippen LogP) is 1.52. The maximum atomic E-state index is 12.0. The summed E-state index contributed by atoms with van der Waals surface area (Å²) < 4.78 is 17.6. The zero-order valence-corrected chi connectivity index (χ0v) is 11.0. The zero-order valence-electron chi connectivity index (χ0n) is 10.1. The van der Waals surface area contributed by atoms with Crippen LogP contribution in [0, 0.1) is 0 Å². The zero-order chi connectivity index (χ0) is 11.6. The van der Waals surface area contributed by atoms with E-state index in [0.717, 1.165) is 0 Å². The highest BCUT2D eigenvalue weighted by Crippen LogP contribution is 2.31. The van der Waals surface area contributed by atoms with E-state index in [0.29, 0.717) is 12.8 Å². The van der Waals surface area contributed by atoms with Gasteiger partial charge >= 0.3 is 0 Å². The minimum Gasteiger partial charge on any atom is -0.366 e. The van der Waals surface area contributed by atoms with E-state index < -0.39 is 20.7 Å². The third-order valence-electron chi connectivity index (χ3n) is 2.89. The molecule has 1 N–H and O–H groups in total. The molecule has 0 radical (unpaired) electrons. The van der Waals surface area contributed by atoms with Gasteiger partial charge in [0.2, 0.25) is 0 Å². The second kappa shape index (κ2) is 4.29. The first-order valence-electron chi connectivity index (χ1n) is 5.05. The topological polar surface area (TPSA) is 46.5 Å². The lowest BCUT2D eigenvalue weighted by atomic mass is 10.2. The van der Waals surface area contributed by atoms with Crippen LogP contribution in [0.4, 0.5) is 0 Å². The molecule has 0 aliphatic rings. The average molecular weight is 224 g/mol. The molecule has 0 aromatic carbocycles. The molecule has 4 heteroatoms. The first-order chi connectivity index (χ1) is 6.08. The lowest BCUT2D eigenvalue weighted by Gasteiger charge is -2.41. The fourth-order valence-electron chi connectivity index (χ4n) is 1.11. The van der Waals surface area contributed by atoms with Crippen molar-refractivity contribution in [2.45, 2.75) is 51.3 Å². The Bertz CT molecular complexity index is 232. The van der Waals surface area contributed by atoms with E-state index in [-0.39, 0.29) is 0 Å². The molecule has 0 aliphatic heterocycles. The summed E-state index contributed by atoms with van der Waals surface area (Å²) in [6.45, 7) is 7.17. The molecule has 0 spiro atoms. The summed E-state index contributed by atoms with van der Waals surface area (Å²) in [5, 5.41) is 9.81. The van der Waals surface area contributed by atoms with Crippen LogP contribution in [-0.4, -0.2) is 32.5 Å². The standard InChI is InChI=1S/C10H24O3S/c1-7-9(3,11)13-10(4,8-2)14(5,6)12/h11,14H,7-8H2,1-6H3. The molecule has 0 aliphatic carbocycles. The Morgan fingerprint density at radius 1 is 1.21 bits per heavy atom. The van der Waals surface area contributed by atoms with Crippen molar-refractivity contribution in [3.8, 4) is 0 Å². The van der Waals surface area contributed by atoms with Gasteiger partial charge < -0.3 is 9.84 Å². The number of thiol groups is 1. The van der Waals surface area contributed by atoms with Crippen LogP contribution in [0.2, 0.25) is 0 Å². The monoisotopic (exact) mass is 224 g/mol. The summed E-state index contributed by atoms with van der Waals surface area (Å²) in [5.74, 6) is -1.19. The summed E-state index contributed by atoms with van der Waals surface area (Å²) in [6.07, 6.45) is 4.51. The normalized spacial score (nSPS) is 22.5. The van der Waals surface area contributed by atoms with E-state index in [1.165, 1.54) is 0 Å². The molecule has 88 valence electrons. The lowest BCUT2D eigenvalue weighted by Crippen LogP contribution is -2.48. The van der Waals surface area contributed by atoms with Crippen LogP contribution in [0.3, 0.4) is 0 Å². The summed E-state index contributed by atoms with van der Waals surface area (Å²) in [6, 6.07) is 0. The third-order valence-corrected chi connectivity index (χ3v) is 5.58. The van der Waals surface area contributed by atoms with Crippen molar-refractivity contribution in [1.29, 1.82) is 0 Å². The smallest absolute Gasteiger partial charge is 0.164 e. The first kappa shape index (κ1) is 14.1. The molecular formula is C10H24O3S. The molecule has 0 aromatic rings. The van der Waals surface area contributed by atoms with Crippen molar-refractivity contribution in [3.05, 3.63) is 0 Å². The van der Waals surface area contributed by atoms with Crippen LogP contribution in [-0.2, 0) is 14.7 Å². The van der Waals surface area contributed by atoms with Crippen molar-refractivity contribution in [2.75, 3.05) is 12.5 Å². The van der Waals surface area contributed by atoms with Crippen molar-refractivity contribution < 1.29 is 14.1 Å². The Kier molecular flexibility index (Phi) is 4.31. The van der Waals surface area contributed by atoms with Crippen LogP contribution in [0.1, 0.15) is 40.5 Å². The molecule has 0 rings (SSSR count). The molecule has 14 heavy (non-hydrogen) atoms. The number of hydrogen-bond acceptors (Lipinski definition) is 3. The van der Waals surface area contributed by atoms with E-state index >= 15 is 0 Å². The Balaban J connectivity index is 4.83. The molecule has 0 amide bonds. The van der Waals surface area contributed by atoms with Gasteiger partial charge in [-0.3, -0.25) is 4.21 Å². The van der Waals surface area contributed by atoms with E-state index in [1.54, 1.807) is 26.4 Å². The predicted molar refractivity (Wildman–Crippen MR) is 62.1 cm³/mol. The fraction of sp³-hybridized carbons (Fsp3) is 1.00. The Morgan fingerprint density at radius 3 is 1.86 bits per heavy atom. The SMILES string of the molecule is CCC(C)(O)OC(C)(CC)[SH](C)(C)=O. The van der Waals surface area contributed by atoms with Crippen LogP contribution >= 0.6 is 0 Å². The molecule has 2 atom stereocenters. The molecule has 0 saturated heterocycles. The van der Waals surface area contributed by atoms with Gasteiger partial charge in [0.05, 0.1) is 0 Å². The van der Waals surface area contributed by atoms with Gasteiger partial charge in [-0.2, -0.15) is 0 Å². The fourth-order valence-corrected chi connectivity index (χ4v) is 2.29. The van der Waals surface area contributed by atoms with Gasteiger partial charge in [0, 0.05) is 0 Å². The van der Waals surface area contributed by atoms with E-state index in [2.05, 4.69) is 0 Å². The van der Waals surface area contributed by atoms with Crippen LogP contribution < -0.4 is 0 Å². The Labute approximate surface area is 88.3 Å². The molecule has 0 bridgehead atoms. The first-order valence-corrected chi connectivity index (χ1v) is 7.65. The van der Waals surface area contributed by atoms with Gasteiger partial charge in [0.25, 0.3) is 0 Å². The number of aliphatic hydroxyl groups is 1. The van der Waals surface area contributed by atoms with Crippen molar-refractivity contribution in [1.82, 2.24) is 0 Å². The van der Waals surface area contributed by atoms with Gasteiger partial charge in [0.1, 0.15) is 4.93 Å². The van der Waals surface area contributed by atoms with Crippen LogP contribution in [0.25, 0.3) is 0 Å².